The summed E-state index contributed by atoms with van der Waals surface area (Å²) in [5, 5.41) is 12.2. The first kappa shape index (κ1) is 30.7. The fourth-order valence-electron chi connectivity index (χ4n) is 9.20. The summed E-state index contributed by atoms with van der Waals surface area (Å²) in [6, 6.07) is 6.08. The normalized spacial score (nSPS) is 24.6. The van der Waals surface area contributed by atoms with Gasteiger partial charge in [-0.15, -0.1) is 0 Å². The smallest absolute Gasteiger partial charge is 0.319 e. The number of methoxy groups -OCH3 is 2. The van der Waals surface area contributed by atoms with Crippen molar-refractivity contribution < 1.29 is 28.1 Å². The van der Waals surface area contributed by atoms with Crippen LogP contribution in [0.3, 0.4) is 0 Å². The molecule has 1 N–H and O–H groups in total. The number of aryl methyl sites for hydroxylation is 1. The maximum absolute atomic E-state index is 16.9. The van der Waals surface area contributed by atoms with Crippen molar-refractivity contribution in [2.75, 3.05) is 51.9 Å². The molecule has 9 nitrogen and oxygen atoms in total. The molecule has 2 aromatic carbocycles. The average molecular weight is 646 g/mol. The van der Waals surface area contributed by atoms with Gasteiger partial charge in [0.15, 0.2) is 11.6 Å². The molecule has 1 aliphatic carbocycles. The summed E-state index contributed by atoms with van der Waals surface area (Å²) in [4.78, 5) is 18.7. The molecule has 5 heterocycles. The van der Waals surface area contributed by atoms with Gasteiger partial charge in [0.05, 0.1) is 16.3 Å². The number of hydrogen-bond acceptors (Lipinski definition) is 9. The van der Waals surface area contributed by atoms with Gasteiger partial charge in [0.1, 0.15) is 35.2 Å². The zero-order valence-corrected chi connectivity index (χ0v) is 27.4. The highest BCUT2D eigenvalue weighted by Crippen LogP contribution is 2.59. The standard InChI is InChI=1S/C36H41F2N5O4/c1-5-24-27(37)8-7-22-13-23(44)14-25(28(22)24)30-29(38)31-26(16-39-30)32(42-18-34(19-42)10-11-36(34,45-3)46-4)41-33(40-31)47-20-35-9-6-12-43(35)17-21(2)15-35/h7-8,13-14,16,21,44H,5-6,9-12,15,17-20H2,1-4H3/t21-,35+/m1/s1. The zero-order chi connectivity index (χ0) is 32.7. The van der Waals surface area contributed by atoms with Crippen molar-refractivity contribution in [3.05, 3.63) is 47.7 Å². The molecule has 2 aromatic heterocycles. The van der Waals surface area contributed by atoms with Crippen LogP contribution in [0.25, 0.3) is 32.9 Å². The van der Waals surface area contributed by atoms with E-state index in [1.165, 1.54) is 12.1 Å². The fourth-order valence-corrected chi connectivity index (χ4v) is 9.20. The van der Waals surface area contributed by atoms with Crippen molar-refractivity contribution in [2.24, 2.45) is 11.3 Å². The van der Waals surface area contributed by atoms with Crippen LogP contribution in [-0.2, 0) is 15.9 Å². The molecule has 11 heteroatoms. The Morgan fingerprint density at radius 1 is 1.06 bits per heavy atom. The van der Waals surface area contributed by atoms with Crippen LogP contribution in [0.15, 0.2) is 30.5 Å². The lowest BCUT2D eigenvalue weighted by Crippen LogP contribution is -2.74. The van der Waals surface area contributed by atoms with Gasteiger partial charge in [0.2, 0.25) is 0 Å². The van der Waals surface area contributed by atoms with Gasteiger partial charge >= 0.3 is 6.01 Å². The van der Waals surface area contributed by atoms with Crippen molar-refractivity contribution in [1.82, 2.24) is 19.9 Å². The molecule has 2 atom stereocenters. The van der Waals surface area contributed by atoms with Crippen molar-refractivity contribution in [3.8, 4) is 23.0 Å². The maximum Gasteiger partial charge on any atom is 0.319 e. The minimum atomic E-state index is -0.675. The second-order valence-electron chi connectivity index (χ2n) is 14.2. The molecule has 3 aliphatic heterocycles. The fraction of sp³-hybridized carbons (Fsp3) is 0.528. The molecule has 248 valence electrons. The van der Waals surface area contributed by atoms with Crippen molar-refractivity contribution in [3.63, 3.8) is 0 Å². The Bertz CT molecular complexity index is 1890. The van der Waals surface area contributed by atoms with E-state index in [0.717, 1.165) is 45.2 Å². The van der Waals surface area contributed by atoms with E-state index in [-0.39, 0.29) is 39.7 Å². The van der Waals surface area contributed by atoms with E-state index in [4.69, 9.17) is 19.2 Å². The van der Waals surface area contributed by atoms with Crippen LogP contribution in [0, 0.1) is 23.0 Å². The molecule has 1 spiro atoms. The highest BCUT2D eigenvalue weighted by Gasteiger charge is 2.66. The third-order valence-corrected chi connectivity index (χ3v) is 11.6. The Hall–Kier alpha value is -3.67. The second kappa shape index (κ2) is 10.9. The number of phenols is 1. The highest BCUT2D eigenvalue weighted by atomic mass is 19.1. The van der Waals surface area contributed by atoms with E-state index in [2.05, 4.69) is 26.7 Å². The Balaban J connectivity index is 1.24. The Morgan fingerprint density at radius 2 is 1.87 bits per heavy atom. The second-order valence-corrected chi connectivity index (χ2v) is 14.2. The van der Waals surface area contributed by atoms with Gasteiger partial charge in [-0.3, -0.25) is 9.88 Å². The molecule has 4 aromatic rings. The number of aromatic nitrogens is 3. The number of ether oxygens (including phenoxy) is 3. The lowest BCUT2D eigenvalue weighted by atomic mass is 9.58. The van der Waals surface area contributed by atoms with Gasteiger partial charge in [0.25, 0.3) is 0 Å². The molecule has 8 rings (SSSR count). The molecular weight excluding hydrogens is 604 g/mol. The van der Waals surface area contributed by atoms with Crippen LogP contribution >= 0.6 is 0 Å². The summed E-state index contributed by atoms with van der Waals surface area (Å²) < 4.78 is 50.0. The summed E-state index contributed by atoms with van der Waals surface area (Å²) >= 11 is 0. The number of rotatable bonds is 8. The lowest BCUT2D eigenvalue weighted by molar-refractivity contribution is -0.336. The third kappa shape index (κ3) is 4.45. The van der Waals surface area contributed by atoms with E-state index < -0.39 is 11.6 Å². The SMILES string of the molecule is CCc1c(F)ccc2cc(O)cc(-c3ncc4c(N5CC6(CCC6(OC)OC)C5)nc(OC[C@@]56CCCN5C[C@H](C)C6)nc4c3F)c12. The molecular formula is C36H41F2N5O4. The van der Waals surface area contributed by atoms with Gasteiger partial charge < -0.3 is 24.2 Å². The number of halogens is 2. The minimum absolute atomic E-state index is 0.0173. The van der Waals surface area contributed by atoms with Gasteiger partial charge in [-0.1, -0.05) is 19.9 Å². The molecule has 0 bridgehead atoms. The zero-order valence-electron chi connectivity index (χ0n) is 27.4. The highest BCUT2D eigenvalue weighted by molar-refractivity contribution is 6.01. The molecule has 4 fully saturated rings. The van der Waals surface area contributed by atoms with Crippen LogP contribution < -0.4 is 9.64 Å². The summed E-state index contributed by atoms with van der Waals surface area (Å²) in [6.45, 7) is 7.89. The predicted molar refractivity (Wildman–Crippen MR) is 175 cm³/mol. The van der Waals surface area contributed by atoms with Gasteiger partial charge in [-0.25, -0.2) is 8.78 Å². The molecule has 1 saturated carbocycles. The van der Waals surface area contributed by atoms with Gasteiger partial charge in [0, 0.05) is 52.0 Å². The van der Waals surface area contributed by atoms with Crippen molar-refractivity contribution in [2.45, 2.75) is 63.7 Å². The monoisotopic (exact) mass is 645 g/mol. The lowest BCUT2D eigenvalue weighted by Gasteiger charge is -2.65. The number of nitrogens with zero attached hydrogens (tertiary/aromatic N) is 5. The molecule has 0 unspecified atom stereocenters. The number of aromatic hydroxyl groups is 1. The summed E-state index contributed by atoms with van der Waals surface area (Å²) in [5.41, 5.74) is 0.539. The first-order chi connectivity index (χ1) is 22.6. The van der Waals surface area contributed by atoms with Crippen LogP contribution in [0.5, 0.6) is 11.8 Å². The summed E-state index contributed by atoms with van der Waals surface area (Å²) in [5.74, 6) is -0.660. The van der Waals surface area contributed by atoms with E-state index in [9.17, 15) is 5.11 Å². The summed E-state index contributed by atoms with van der Waals surface area (Å²) in [7, 11) is 3.35. The Morgan fingerprint density at radius 3 is 2.60 bits per heavy atom. The van der Waals surface area contributed by atoms with Crippen LogP contribution in [-0.4, -0.2) is 83.3 Å². The van der Waals surface area contributed by atoms with Gasteiger partial charge in [-0.05, 0) is 79.1 Å². The molecule has 3 saturated heterocycles. The number of anilines is 1. The number of pyridine rings is 1. The number of hydrogen-bond donors (Lipinski definition) is 1. The quantitative estimate of drug-likeness (QED) is 0.224. The van der Waals surface area contributed by atoms with Crippen LogP contribution in [0.1, 0.15) is 51.5 Å². The van der Waals surface area contributed by atoms with E-state index >= 15 is 8.78 Å². The molecule has 47 heavy (non-hydrogen) atoms. The minimum Gasteiger partial charge on any atom is -0.508 e. The maximum atomic E-state index is 16.9. The predicted octanol–water partition coefficient (Wildman–Crippen LogP) is 6.23. The summed E-state index contributed by atoms with van der Waals surface area (Å²) in [6.07, 6.45) is 6.94. The Kier molecular flexibility index (Phi) is 7.13. The Labute approximate surface area is 272 Å². The molecule has 4 aliphatic rings. The number of fused-ring (bicyclic) bond motifs is 3. The van der Waals surface area contributed by atoms with Crippen molar-refractivity contribution >= 4 is 27.5 Å². The molecule has 0 amide bonds. The van der Waals surface area contributed by atoms with Gasteiger partial charge in [-0.2, -0.15) is 9.97 Å². The van der Waals surface area contributed by atoms with Crippen LogP contribution in [0.2, 0.25) is 0 Å². The largest absolute Gasteiger partial charge is 0.508 e. The van der Waals surface area contributed by atoms with E-state index in [0.29, 0.717) is 65.1 Å². The number of phenolic OH excluding ortho intramolecular Hbond substituents is 1. The first-order valence-electron chi connectivity index (χ1n) is 16.7. The van der Waals surface area contributed by atoms with E-state index in [1.807, 2.05) is 6.92 Å². The number of benzene rings is 2. The van der Waals surface area contributed by atoms with Crippen molar-refractivity contribution in [1.29, 1.82) is 0 Å². The molecule has 0 radical (unpaired) electrons. The van der Waals surface area contributed by atoms with E-state index in [1.54, 1.807) is 32.5 Å². The third-order valence-electron chi connectivity index (χ3n) is 11.6. The first-order valence-corrected chi connectivity index (χ1v) is 16.7. The topological polar surface area (TPSA) is 93.1 Å². The van der Waals surface area contributed by atoms with Crippen LogP contribution in [0.4, 0.5) is 14.6 Å². The average Bonchev–Trinajstić information content (AvgIpc) is 3.55.